The summed E-state index contributed by atoms with van der Waals surface area (Å²) in [7, 11) is 0. The van der Waals surface area contributed by atoms with E-state index in [4.69, 9.17) is 9.26 Å². The monoisotopic (exact) mass is 357 g/mol. The lowest BCUT2D eigenvalue weighted by molar-refractivity contribution is 0.101. The minimum Gasteiger partial charge on any atom is -0.457 e. The second-order valence-electron chi connectivity index (χ2n) is 5.71. The molecular weight excluding hydrogens is 342 g/mol. The molecule has 2 aromatic carbocycles. The Hall–Kier alpha value is -3.93. The van der Waals surface area contributed by atoms with Crippen molar-refractivity contribution in [3.05, 3.63) is 90.9 Å². The molecule has 0 aliphatic heterocycles. The first kappa shape index (κ1) is 16.5. The van der Waals surface area contributed by atoms with E-state index in [9.17, 15) is 4.79 Å². The quantitative estimate of drug-likeness (QED) is 0.556. The van der Waals surface area contributed by atoms with Crippen molar-refractivity contribution in [3.8, 4) is 22.8 Å². The number of pyridine rings is 1. The van der Waals surface area contributed by atoms with Crippen LogP contribution < -0.4 is 10.1 Å². The maximum atomic E-state index is 12.4. The number of benzene rings is 2. The second kappa shape index (κ2) is 7.53. The number of amides is 1. The van der Waals surface area contributed by atoms with Gasteiger partial charge in [0.1, 0.15) is 11.5 Å². The fraction of sp³-hybridized carbons (Fsp3) is 0. The lowest BCUT2D eigenvalue weighted by atomic mass is 10.2. The van der Waals surface area contributed by atoms with Crippen LogP contribution in [0.25, 0.3) is 11.3 Å². The molecular formula is C21H15N3O3. The van der Waals surface area contributed by atoms with Gasteiger partial charge >= 0.3 is 0 Å². The van der Waals surface area contributed by atoms with Gasteiger partial charge in [-0.25, -0.2) is 0 Å². The van der Waals surface area contributed by atoms with Gasteiger partial charge in [-0.15, -0.1) is 0 Å². The molecule has 0 aliphatic rings. The number of nitrogens with zero attached hydrogens (tertiary/aromatic N) is 2. The first-order valence-corrected chi connectivity index (χ1v) is 8.29. The topological polar surface area (TPSA) is 77.2 Å². The van der Waals surface area contributed by atoms with E-state index in [0.717, 1.165) is 11.3 Å². The summed E-state index contributed by atoms with van der Waals surface area (Å²) < 4.78 is 11.0. The zero-order valence-electron chi connectivity index (χ0n) is 14.2. The summed E-state index contributed by atoms with van der Waals surface area (Å²) in [4.78, 5) is 16.3. The number of aromatic nitrogens is 2. The van der Waals surface area contributed by atoms with Crippen LogP contribution in [-0.4, -0.2) is 16.0 Å². The normalized spacial score (nSPS) is 10.4. The number of nitrogens with one attached hydrogen (secondary N) is 1. The first-order valence-electron chi connectivity index (χ1n) is 8.29. The Balaban J connectivity index is 1.42. The van der Waals surface area contributed by atoms with Crippen molar-refractivity contribution in [2.24, 2.45) is 0 Å². The summed E-state index contributed by atoms with van der Waals surface area (Å²) in [6.07, 6.45) is 3.30. The van der Waals surface area contributed by atoms with Crippen molar-refractivity contribution in [2.75, 3.05) is 5.32 Å². The number of ether oxygens (including phenoxy) is 1. The van der Waals surface area contributed by atoms with Gasteiger partial charge in [-0.2, -0.15) is 0 Å². The van der Waals surface area contributed by atoms with E-state index >= 15 is 0 Å². The Morgan fingerprint density at radius 2 is 1.59 bits per heavy atom. The average Bonchev–Trinajstić information content (AvgIpc) is 3.21. The van der Waals surface area contributed by atoms with Crippen LogP contribution in [0.3, 0.4) is 0 Å². The van der Waals surface area contributed by atoms with Gasteiger partial charge in [0.25, 0.3) is 5.91 Å². The van der Waals surface area contributed by atoms with Crippen molar-refractivity contribution >= 4 is 11.6 Å². The molecule has 0 bridgehead atoms. The number of para-hydroxylation sites is 1. The van der Waals surface area contributed by atoms with E-state index in [1.807, 2.05) is 30.3 Å². The third kappa shape index (κ3) is 4.01. The predicted octanol–water partition coefficient (Wildman–Crippen LogP) is 4.78. The van der Waals surface area contributed by atoms with Crippen LogP contribution in [0.4, 0.5) is 5.69 Å². The Morgan fingerprint density at radius 3 is 2.33 bits per heavy atom. The summed E-state index contributed by atoms with van der Waals surface area (Å²) in [5, 5.41) is 6.61. The zero-order valence-corrected chi connectivity index (χ0v) is 14.2. The van der Waals surface area contributed by atoms with Crippen LogP contribution in [0.5, 0.6) is 11.5 Å². The van der Waals surface area contributed by atoms with E-state index < -0.39 is 0 Å². The van der Waals surface area contributed by atoms with E-state index in [1.54, 1.807) is 54.9 Å². The van der Waals surface area contributed by atoms with Gasteiger partial charge < -0.3 is 14.6 Å². The van der Waals surface area contributed by atoms with Crippen LogP contribution in [0, 0.1) is 0 Å². The molecule has 0 saturated carbocycles. The lowest BCUT2D eigenvalue weighted by Gasteiger charge is -2.07. The number of rotatable bonds is 5. The molecule has 4 rings (SSSR count). The molecule has 0 fully saturated rings. The molecule has 0 atom stereocenters. The van der Waals surface area contributed by atoms with E-state index in [-0.39, 0.29) is 11.6 Å². The molecule has 0 aliphatic carbocycles. The summed E-state index contributed by atoms with van der Waals surface area (Å²) >= 11 is 0. The first-order chi connectivity index (χ1) is 13.3. The SMILES string of the molecule is O=C(Nc1ccc(Oc2ccccc2)cc1)c1cc(-c2ccncc2)on1. The van der Waals surface area contributed by atoms with Crippen molar-refractivity contribution in [1.29, 1.82) is 0 Å². The average molecular weight is 357 g/mol. The smallest absolute Gasteiger partial charge is 0.277 e. The molecule has 0 radical (unpaired) electrons. The van der Waals surface area contributed by atoms with Gasteiger partial charge in [0.05, 0.1) is 0 Å². The molecule has 1 N–H and O–H groups in total. The third-order valence-corrected chi connectivity index (χ3v) is 3.80. The van der Waals surface area contributed by atoms with Crippen molar-refractivity contribution in [2.45, 2.75) is 0 Å². The van der Waals surface area contributed by atoms with Gasteiger partial charge in [-0.05, 0) is 48.5 Å². The maximum absolute atomic E-state index is 12.4. The van der Waals surface area contributed by atoms with Crippen LogP contribution in [0.15, 0.2) is 89.7 Å². The van der Waals surface area contributed by atoms with Crippen molar-refractivity contribution in [1.82, 2.24) is 10.1 Å². The maximum Gasteiger partial charge on any atom is 0.277 e. The molecule has 6 heteroatoms. The fourth-order valence-corrected chi connectivity index (χ4v) is 2.46. The molecule has 27 heavy (non-hydrogen) atoms. The number of hydrogen-bond donors (Lipinski definition) is 1. The molecule has 0 spiro atoms. The molecule has 6 nitrogen and oxygen atoms in total. The number of hydrogen-bond acceptors (Lipinski definition) is 5. The largest absolute Gasteiger partial charge is 0.457 e. The molecule has 0 saturated heterocycles. The minimum absolute atomic E-state index is 0.200. The van der Waals surface area contributed by atoms with Crippen LogP contribution in [0.1, 0.15) is 10.5 Å². The van der Waals surface area contributed by atoms with Gasteiger partial charge in [-0.1, -0.05) is 23.4 Å². The molecule has 2 heterocycles. The van der Waals surface area contributed by atoms with Crippen LogP contribution >= 0.6 is 0 Å². The minimum atomic E-state index is -0.351. The Kier molecular flexibility index (Phi) is 4.61. The molecule has 1 amide bonds. The number of carbonyl (C=O) groups is 1. The number of anilines is 1. The van der Waals surface area contributed by atoms with Gasteiger partial charge in [-0.3, -0.25) is 9.78 Å². The highest BCUT2D eigenvalue weighted by Crippen LogP contribution is 2.23. The van der Waals surface area contributed by atoms with Crippen molar-refractivity contribution in [3.63, 3.8) is 0 Å². The highest BCUT2D eigenvalue weighted by atomic mass is 16.5. The summed E-state index contributed by atoms with van der Waals surface area (Å²) in [6, 6.07) is 21.8. The Labute approximate surface area is 155 Å². The van der Waals surface area contributed by atoms with Crippen molar-refractivity contribution < 1.29 is 14.1 Å². The summed E-state index contributed by atoms with van der Waals surface area (Å²) in [5.41, 5.74) is 1.64. The Morgan fingerprint density at radius 1 is 0.889 bits per heavy atom. The van der Waals surface area contributed by atoms with E-state index in [1.165, 1.54) is 0 Å². The highest BCUT2D eigenvalue weighted by molar-refractivity contribution is 6.03. The van der Waals surface area contributed by atoms with Crippen LogP contribution in [-0.2, 0) is 0 Å². The Bertz CT molecular complexity index is 1030. The van der Waals surface area contributed by atoms with Gasteiger partial charge in [0, 0.05) is 29.7 Å². The van der Waals surface area contributed by atoms with E-state index in [2.05, 4.69) is 15.5 Å². The second-order valence-corrected chi connectivity index (χ2v) is 5.71. The molecule has 4 aromatic rings. The molecule has 132 valence electrons. The zero-order chi connectivity index (χ0) is 18.5. The van der Waals surface area contributed by atoms with Gasteiger partial charge in [0.2, 0.25) is 0 Å². The highest BCUT2D eigenvalue weighted by Gasteiger charge is 2.14. The predicted molar refractivity (Wildman–Crippen MR) is 101 cm³/mol. The summed E-state index contributed by atoms with van der Waals surface area (Å²) in [5.74, 6) is 1.59. The fourth-order valence-electron chi connectivity index (χ4n) is 2.46. The molecule has 0 unspecified atom stereocenters. The van der Waals surface area contributed by atoms with Crippen LogP contribution in [0.2, 0.25) is 0 Å². The van der Waals surface area contributed by atoms with Gasteiger partial charge in [0.15, 0.2) is 11.5 Å². The van der Waals surface area contributed by atoms with E-state index in [0.29, 0.717) is 17.2 Å². The number of carbonyl (C=O) groups excluding carboxylic acids is 1. The lowest BCUT2D eigenvalue weighted by Crippen LogP contribution is -2.11. The third-order valence-electron chi connectivity index (χ3n) is 3.80. The molecule has 2 aromatic heterocycles. The standard InChI is InChI=1S/C21H15N3O3/c25-21(19-14-20(27-24-19)15-10-12-22-13-11-15)23-16-6-8-18(9-7-16)26-17-4-2-1-3-5-17/h1-14H,(H,23,25). The summed E-state index contributed by atoms with van der Waals surface area (Å²) in [6.45, 7) is 0.